The number of hydrogen-bond acceptors (Lipinski definition) is 6. The Labute approximate surface area is 243 Å². The number of pyridine rings is 1. The average Bonchev–Trinajstić information content (AvgIpc) is 3.19. The highest BCUT2D eigenvalue weighted by Gasteiger charge is 2.39. The van der Waals surface area contributed by atoms with Gasteiger partial charge in [-0.3, -0.25) is 19.5 Å². The van der Waals surface area contributed by atoms with Crippen molar-refractivity contribution < 1.29 is 9.18 Å². The van der Waals surface area contributed by atoms with Gasteiger partial charge in [0.05, 0.1) is 22.2 Å². The van der Waals surface area contributed by atoms with E-state index in [-0.39, 0.29) is 17.0 Å². The molecule has 2 unspecified atom stereocenters. The summed E-state index contributed by atoms with van der Waals surface area (Å²) in [5.41, 5.74) is 3.55. The molecule has 2 saturated heterocycles. The predicted molar refractivity (Wildman–Crippen MR) is 158 cm³/mol. The molecule has 1 N–H and O–H groups in total. The molecule has 0 saturated carbocycles. The molecule has 4 aromatic rings. The molecule has 9 heteroatoms. The fourth-order valence-corrected chi connectivity index (χ4v) is 5.60. The highest BCUT2D eigenvalue weighted by Crippen LogP contribution is 2.29. The summed E-state index contributed by atoms with van der Waals surface area (Å²) in [5, 5.41) is 16.3. The summed E-state index contributed by atoms with van der Waals surface area (Å²) in [5.74, 6) is 5.08. The molecule has 0 aliphatic carbocycles. The monoisotopic (exact) mass is 562 g/mol. The summed E-state index contributed by atoms with van der Waals surface area (Å²) >= 11 is 0. The number of H-pyrrole nitrogens is 1. The summed E-state index contributed by atoms with van der Waals surface area (Å²) < 4.78 is 14.7. The van der Waals surface area contributed by atoms with E-state index in [1.165, 1.54) is 6.07 Å². The zero-order valence-electron chi connectivity index (χ0n) is 23.8. The van der Waals surface area contributed by atoms with Gasteiger partial charge in [-0.25, -0.2) is 9.49 Å². The van der Waals surface area contributed by atoms with Crippen molar-refractivity contribution >= 4 is 16.7 Å². The van der Waals surface area contributed by atoms with Crippen LogP contribution in [0, 0.1) is 35.9 Å². The summed E-state index contributed by atoms with van der Waals surface area (Å²) in [6.07, 6.45) is 4.06. The van der Waals surface area contributed by atoms with E-state index in [0.29, 0.717) is 53.6 Å². The van der Waals surface area contributed by atoms with Crippen LogP contribution in [0.4, 0.5) is 4.39 Å². The molecule has 212 valence electrons. The SMILES string of the molecule is CC#Cc1ccc2c(=O)[nH]nc(Cc3ccc(F)c(C(=O)N4CC5CCC(C4)N5C)c3)c2c1.Cc1ccc(C#N)cn1. The Kier molecular flexibility index (Phi) is 8.42. The van der Waals surface area contributed by atoms with Crippen LogP contribution in [-0.2, 0) is 6.42 Å². The van der Waals surface area contributed by atoms with Crippen LogP contribution in [-0.4, -0.2) is 63.1 Å². The van der Waals surface area contributed by atoms with Crippen molar-refractivity contribution in [2.24, 2.45) is 0 Å². The van der Waals surface area contributed by atoms with Crippen molar-refractivity contribution in [3.05, 3.63) is 105 Å². The van der Waals surface area contributed by atoms with Gasteiger partial charge in [-0.1, -0.05) is 12.0 Å². The Morgan fingerprint density at radius 3 is 2.48 bits per heavy atom. The molecule has 2 aromatic carbocycles. The molecule has 2 bridgehead atoms. The van der Waals surface area contributed by atoms with Gasteiger partial charge >= 0.3 is 0 Å². The van der Waals surface area contributed by atoms with Gasteiger partial charge in [0.1, 0.15) is 11.9 Å². The van der Waals surface area contributed by atoms with Crippen LogP contribution in [0.2, 0.25) is 0 Å². The number of halogens is 1. The first-order valence-electron chi connectivity index (χ1n) is 13.8. The molecule has 2 aliphatic rings. The number of aromatic nitrogens is 3. The molecule has 2 aromatic heterocycles. The van der Waals surface area contributed by atoms with Crippen molar-refractivity contribution in [3.8, 4) is 17.9 Å². The Hall–Kier alpha value is -4.86. The Morgan fingerprint density at radius 2 is 1.81 bits per heavy atom. The van der Waals surface area contributed by atoms with Crippen LogP contribution >= 0.6 is 0 Å². The normalized spacial score (nSPS) is 17.5. The molecule has 6 rings (SSSR count). The summed E-state index contributed by atoms with van der Waals surface area (Å²) in [6, 6.07) is 16.3. The van der Waals surface area contributed by atoms with E-state index in [1.54, 1.807) is 48.4 Å². The van der Waals surface area contributed by atoms with E-state index in [2.05, 4.69) is 39.0 Å². The molecule has 2 fully saturated rings. The predicted octanol–water partition coefficient (Wildman–Crippen LogP) is 4.20. The maximum Gasteiger partial charge on any atom is 0.272 e. The number of likely N-dealkylation sites (tertiary alicyclic amines) is 1. The summed E-state index contributed by atoms with van der Waals surface area (Å²) in [7, 11) is 2.10. The Morgan fingerprint density at radius 1 is 1.07 bits per heavy atom. The molecular weight excluding hydrogens is 531 g/mol. The van der Waals surface area contributed by atoms with Gasteiger partial charge in [-0.15, -0.1) is 5.92 Å². The van der Waals surface area contributed by atoms with E-state index in [9.17, 15) is 14.0 Å². The van der Waals surface area contributed by atoms with Gasteiger partial charge in [0, 0.05) is 54.4 Å². The van der Waals surface area contributed by atoms with Crippen LogP contribution in [0.25, 0.3) is 10.8 Å². The van der Waals surface area contributed by atoms with Gasteiger partial charge in [-0.05, 0) is 81.8 Å². The first-order chi connectivity index (χ1) is 20.3. The summed E-state index contributed by atoms with van der Waals surface area (Å²) in [4.78, 5) is 33.5. The molecule has 42 heavy (non-hydrogen) atoms. The molecule has 2 aliphatic heterocycles. The van der Waals surface area contributed by atoms with Gasteiger partial charge in [0.2, 0.25) is 0 Å². The number of hydrogen-bond donors (Lipinski definition) is 1. The lowest BCUT2D eigenvalue weighted by molar-refractivity contribution is 0.0519. The number of carbonyl (C=O) groups excluding carboxylic acids is 1. The zero-order chi connectivity index (χ0) is 29.8. The van der Waals surface area contributed by atoms with Crippen molar-refractivity contribution in [1.82, 2.24) is 25.0 Å². The number of aryl methyl sites for hydroxylation is 1. The van der Waals surface area contributed by atoms with E-state index >= 15 is 0 Å². The average molecular weight is 563 g/mol. The third-order valence-electron chi connectivity index (χ3n) is 7.94. The molecule has 8 nitrogen and oxygen atoms in total. The van der Waals surface area contributed by atoms with Gasteiger partial charge < -0.3 is 4.90 Å². The molecule has 4 heterocycles. The number of likely N-dealkylation sites (N-methyl/N-ethyl adjacent to an activating group) is 1. The first kappa shape index (κ1) is 28.7. The number of fused-ring (bicyclic) bond motifs is 3. The molecule has 1 amide bonds. The molecule has 2 atom stereocenters. The second-order valence-corrected chi connectivity index (χ2v) is 10.7. The van der Waals surface area contributed by atoms with Crippen LogP contribution in [0.5, 0.6) is 0 Å². The smallest absolute Gasteiger partial charge is 0.272 e. The lowest BCUT2D eigenvalue weighted by atomic mass is 10.0. The quantitative estimate of drug-likeness (QED) is 0.375. The Balaban J connectivity index is 0.000000336. The van der Waals surface area contributed by atoms with E-state index < -0.39 is 5.82 Å². The third kappa shape index (κ3) is 6.07. The second-order valence-electron chi connectivity index (χ2n) is 10.7. The first-order valence-corrected chi connectivity index (χ1v) is 13.8. The van der Waals surface area contributed by atoms with E-state index in [0.717, 1.165) is 29.7 Å². The lowest BCUT2D eigenvalue weighted by Crippen LogP contribution is -2.53. The minimum atomic E-state index is -0.519. The topological polar surface area (TPSA) is 106 Å². The van der Waals surface area contributed by atoms with Gasteiger partial charge in [0.15, 0.2) is 0 Å². The Bertz CT molecular complexity index is 1780. The van der Waals surface area contributed by atoms with Gasteiger partial charge in [0.25, 0.3) is 11.5 Å². The van der Waals surface area contributed by atoms with Crippen LogP contribution in [0.1, 0.15) is 58.2 Å². The molecule has 0 spiro atoms. The number of carbonyl (C=O) groups is 1. The summed E-state index contributed by atoms with van der Waals surface area (Å²) in [6.45, 7) is 4.90. The number of amides is 1. The number of aromatic amines is 1. The maximum atomic E-state index is 14.7. The standard InChI is InChI=1S/C26H25FN4O2.C7H6N2/c1-3-4-16-5-9-20-21(11-16)24(28-29-25(20)32)13-17-6-10-23(27)22(12-17)26(33)31-14-18-7-8-19(15-31)30(18)2;1-6-2-3-7(4-8)5-9-6/h5-6,9-12,18-19H,7-8,13-15H2,1-2H3,(H,29,32);2-3,5H,1H3. The minimum Gasteiger partial charge on any atom is -0.335 e. The highest BCUT2D eigenvalue weighted by molar-refractivity contribution is 5.95. The van der Waals surface area contributed by atoms with E-state index in [4.69, 9.17) is 5.26 Å². The highest BCUT2D eigenvalue weighted by atomic mass is 19.1. The van der Waals surface area contributed by atoms with Crippen LogP contribution in [0.3, 0.4) is 0 Å². The number of rotatable bonds is 3. The lowest BCUT2D eigenvalue weighted by Gasteiger charge is -2.39. The number of nitrogens with one attached hydrogen (secondary N) is 1. The maximum absolute atomic E-state index is 14.7. The van der Waals surface area contributed by atoms with Crippen molar-refractivity contribution in [2.45, 2.75) is 45.2 Å². The second kappa shape index (κ2) is 12.3. The molecular formula is C33H31FN6O2. The van der Waals surface area contributed by atoms with Crippen molar-refractivity contribution in [3.63, 3.8) is 0 Å². The number of nitriles is 1. The van der Waals surface area contributed by atoms with Crippen LogP contribution < -0.4 is 5.56 Å². The van der Waals surface area contributed by atoms with Crippen molar-refractivity contribution in [1.29, 1.82) is 5.26 Å². The fourth-order valence-electron chi connectivity index (χ4n) is 5.60. The van der Waals surface area contributed by atoms with E-state index in [1.807, 2.05) is 25.1 Å². The third-order valence-corrected chi connectivity index (χ3v) is 7.94. The van der Waals surface area contributed by atoms with Crippen LogP contribution in [0.15, 0.2) is 59.5 Å². The van der Waals surface area contributed by atoms with Crippen molar-refractivity contribution in [2.75, 3.05) is 20.1 Å². The fraction of sp³-hybridized carbons (Fsp3) is 0.303. The number of piperazine rings is 1. The largest absolute Gasteiger partial charge is 0.335 e. The van der Waals surface area contributed by atoms with Gasteiger partial charge in [-0.2, -0.15) is 10.4 Å². The molecule has 0 radical (unpaired) electrons. The minimum absolute atomic E-state index is 0.0859. The number of benzene rings is 2. The number of nitrogens with zero attached hydrogens (tertiary/aromatic N) is 5. The zero-order valence-corrected chi connectivity index (χ0v) is 23.8.